The van der Waals surface area contributed by atoms with Crippen molar-refractivity contribution in [2.24, 2.45) is 0 Å². The molecule has 0 saturated carbocycles. The number of benzene rings is 2. The molecule has 2 aromatic carbocycles. The summed E-state index contributed by atoms with van der Waals surface area (Å²) in [6.45, 7) is 5.42. The third-order valence-electron chi connectivity index (χ3n) is 5.98. The van der Waals surface area contributed by atoms with E-state index in [0.29, 0.717) is 6.42 Å². The molecular weight excluding hydrogens is 402 g/mol. The molecule has 1 aliphatic heterocycles. The Morgan fingerprint density at radius 3 is 2.66 bits per heavy atom. The molecular formula is C25H31N5O2. The fourth-order valence-corrected chi connectivity index (χ4v) is 4.22. The molecule has 1 aliphatic rings. The van der Waals surface area contributed by atoms with Crippen LogP contribution in [0.5, 0.6) is 5.75 Å². The van der Waals surface area contributed by atoms with Gasteiger partial charge in [-0.25, -0.2) is 0 Å². The predicted octanol–water partition coefficient (Wildman–Crippen LogP) is 3.16. The third kappa shape index (κ3) is 5.34. The van der Waals surface area contributed by atoms with Crippen molar-refractivity contribution >= 4 is 5.91 Å². The maximum absolute atomic E-state index is 12.5. The largest absolute Gasteiger partial charge is 0.496 e. The molecule has 32 heavy (non-hydrogen) atoms. The fourth-order valence-electron chi connectivity index (χ4n) is 4.22. The van der Waals surface area contributed by atoms with Gasteiger partial charge in [0.25, 0.3) is 0 Å². The molecule has 0 fully saturated rings. The van der Waals surface area contributed by atoms with Gasteiger partial charge in [-0.2, -0.15) is 0 Å². The molecule has 1 unspecified atom stereocenters. The molecule has 1 amide bonds. The molecule has 2 heterocycles. The Hall–Kier alpha value is -3.19. The molecule has 7 heteroatoms. The first kappa shape index (κ1) is 22.0. The zero-order valence-corrected chi connectivity index (χ0v) is 18.8. The minimum Gasteiger partial charge on any atom is -0.496 e. The number of ether oxygens (including phenoxy) is 1. The van der Waals surface area contributed by atoms with Crippen LogP contribution in [-0.4, -0.2) is 45.8 Å². The zero-order valence-electron chi connectivity index (χ0n) is 18.8. The van der Waals surface area contributed by atoms with Gasteiger partial charge in [-0.1, -0.05) is 48.5 Å². The molecule has 3 aromatic rings. The highest BCUT2D eigenvalue weighted by molar-refractivity contribution is 5.76. The van der Waals surface area contributed by atoms with Gasteiger partial charge in [0.05, 0.1) is 13.2 Å². The normalized spacial score (nSPS) is 14.9. The van der Waals surface area contributed by atoms with Crippen molar-refractivity contribution in [1.29, 1.82) is 0 Å². The number of carbonyl (C=O) groups excluding carboxylic acids is 1. The van der Waals surface area contributed by atoms with Crippen molar-refractivity contribution < 1.29 is 9.53 Å². The molecule has 0 spiro atoms. The van der Waals surface area contributed by atoms with E-state index in [-0.39, 0.29) is 11.9 Å². The smallest absolute Gasteiger partial charge is 0.220 e. The van der Waals surface area contributed by atoms with Crippen LogP contribution >= 0.6 is 0 Å². The second kappa shape index (κ2) is 10.4. The summed E-state index contributed by atoms with van der Waals surface area (Å²) in [4.78, 5) is 14.9. The number of hydrogen-bond acceptors (Lipinski definition) is 5. The van der Waals surface area contributed by atoms with Crippen LogP contribution in [0.4, 0.5) is 0 Å². The van der Waals surface area contributed by atoms with E-state index >= 15 is 0 Å². The second-order valence-electron chi connectivity index (χ2n) is 8.24. The number of nitrogens with one attached hydrogen (secondary N) is 1. The lowest BCUT2D eigenvalue weighted by atomic mass is 10.1. The van der Waals surface area contributed by atoms with Crippen LogP contribution in [0, 0.1) is 0 Å². The molecule has 1 N–H and O–H groups in total. The summed E-state index contributed by atoms with van der Waals surface area (Å²) in [6.07, 6.45) is 2.02. The minimum atomic E-state index is -0.180. The first-order chi connectivity index (χ1) is 15.6. The van der Waals surface area contributed by atoms with Crippen molar-refractivity contribution in [3.05, 3.63) is 77.4 Å². The second-order valence-corrected chi connectivity index (χ2v) is 8.24. The van der Waals surface area contributed by atoms with E-state index in [2.05, 4.69) is 31.0 Å². The van der Waals surface area contributed by atoms with Crippen LogP contribution < -0.4 is 10.1 Å². The molecule has 168 valence electrons. The highest BCUT2D eigenvalue weighted by atomic mass is 16.5. The first-order valence-electron chi connectivity index (χ1n) is 11.2. The quantitative estimate of drug-likeness (QED) is 0.591. The maximum atomic E-state index is 12.5. The number of aryl methyl sites for hydroxylation is 1. The Labute approximate surface area is 189 Å². The zero-order chi connectivity index (χ0) is 22.3. The van der Waals surface area contributed by atoms with Gasteiger partial charge in [-0.3, -0.25) is 9.69 Å². The number of amides is 1. The van der Waals surface area contributed by atoms with Gasteiger partial charge >= 0.3 is 0 Å². The summed E-state index contributed by atoms with van der Waals surface area (Å²) < 4.78 is 7.68. The van der Waals surface area contributed by atoms with Gasteiger partial charge in [0.1, 0.15) is 11.6 Å². The summed E-state index contributed by atoms with van der Waals surface area (Å²) in [7, 11) is 1.71. The van der Waals surface area contributed by atoms with E-state index in [1.807, 2.05) is 55.5 Å². The molecule has 1 atom stereocenters. The predicted molar refractivity (Wildman–Crippen MR) is 123 cm³/mol. The number of para-hydroxylation sites is 1. The van der Waals surface area contributed by atoms with E-state index in [1.54, 1.807) is 7.11 Å². The number of carbonyl (C=O) groups is 1. The number of methoxy groups -OCH3 is 1. The topological polar surface area (TPSA) is 72.3 Å². The molecule has 1 aromatic heterocycles. The van der Waals surface area contributed by atoms with Crippen LogP contribution in [-0.2, 0) is 30.7 Å². The first-order valence-corrected chi connectivity index (χ1v) is 11.2. The lowest BCUT2D eigenvalue weighted by Crippen LogP contribution is -2.30. The van der Waals surface area contributed by atoms with Gasteiger partial charge in [-0.05, 0) is 25.0 Å². The summed E-state index contributed by atoms with van der Waals surface area (Å²) in [6, 6.07) is 18.1. The lowest BCUT2D eigenvalue weighted by Gasteiger charge is -2.21. The van der Waals surface area contributed by atoms with Crippen LogP contribution in [0.15, 0.2) is 54.6 Å². The standard InChI is InChI=1S/C25H31N5O2/c1-19(26-24(31)13-12-20-8-4-3-5-9-20)25-28-27-23-14-15-29(16-17-30(23)25)18-21-10-6-7-11-22(21)32-2/h3-11,19H,12-18H2,1-2H3,(H,26,31). The van der Waals surface area contributed by atoms with E-state index < -0.39 is 0 Å². The molecule has 0 bridgehead atoms. The van der Waals surface area contributed by atoms with Crippen molar-refractivity contribution in [2.45, 2.75) is 45.3 Å². The monoisotopic (exact) mass is 433 g/mol. The van der Waals surface area contributed by atoms with Crippen LogP contribution in [0.3, 0.4) is 0 Å². The molecule has 0 radical (unpaired) electrons. The Balaban J connectivity index is 1.34. The number of fused-ring (bicyclic) bond motifs is 1. The Kier molecular flexibility index (Phi) is 7.17. The third-order valence-corrected chi connectivity index (χ3v) is 5.98. The number of aromatic nitrogens is 3. The Morgan fingerprint density at radius 1 is 1.06 bits per heavy atom. The molecule has 0 aliphatic carbocycles. The van der Waals surface area contributed by atoms with Crippen molar-refractivity contribution in [2.75, 3.05) is 20.2 Å². The fraction of sp³-hybridized carbons (Fsp3) is 0.400. The Morgan fingerprint density at radius 2 is 1.84 bits per heavy atom. The number of nitrogens with zero attached hydrogens (tertiary/aromatic N) is 4. The Bertz CT molecular complexity index is 1030. The van der Waals surface area contributed by atoms with Gasteiger partial charge < -0.3 is 14.6 Å². The highest BCUT2D eigenvalue weighted by Gasteiger charge is 2.23. The molecule has 7 nitrogen and oxygen atoms in total. The van der Waals surface area contributed by atoms with Gasteiger partial charge in [0.15, 0.2) is 5.82 Å². The summed E-state index contributed by atoms with van der Waals surface area (Å²) in [5.41, 5.74) is 2.36. The van der Waals surface area contributed by atoms with E-state index in [9.17, 15) is 4.79 Å². The van der Waals surface area contributed by atoms with Gasteiger partial charge in [0, 0.05) is 44.6 Å². The average Bonchev–Trinajstić information content (AvgIpc) is 3.13. The highest BCUT2D eigenvalue weighted by Crippen LogP contribution is 2.21. The van der Waals surface area contributed by atoms with Crippen molar-refractivity contribution in [1.82, 2.24) is 25.0 Å². The van der Waals surface area contributed by atoms with E-state index in [1.165, 1.54) is 11.1 Å². The van der Waals surface area contributed by atoms with E-state index in [4.69, 9.17) is 4.74 Å². The molecule has 0 saturated heterocycles. The number of hydrogen-bond donors (Lipinski definition) is 1. The summed E-state index contributed by atoms with van der Waals surface area (Å²) in [5, 5.41) is 11.9. The van der Waals surface area contributed by atoms with Crippen molar-refractivity contribution in [3.63, 3.8) is 0 Å². The van der Waals surface area contributed by atoms with E-state index in [0.717, 1.165) is 56.4 Å². The lowest BCUT2D eigenvalue weighted by molar-refractivity contribution is -0.121. The van der Waals surface area contributed by atoms with Gasteiger partial charge in [-0.15, -0.1) is 10.2 Å². The SMILES string of the molecule is COc1ccccc1CN1CCc2nnc(C(C)NC(=O)CCc3ccccc3)n2CC1. The van der Waals surface area contributed by atoms with Crippen LogP contribution in [0.1, 0.15) is 42.2 Å². The minimum absolute atomic E-state index is 0.0325. The van der Waals surface area contributed by atoms with Gasteiger partial charge in [0.2, 0.25) is 5.91 Å². The average molecular weight is 434 g/mol. The molecule has 4 rings (SSSR count). The van der Waals surface area contributed by atoms with Crippen molar-refractivity contribution in [3.8, 4) is 5.75 Å². The van der Waals surface area contributed by atoms with Crippen LogP contribution in [0.25, 0.3) is 0 Å². The number of rotatable bonds is 8. The maximum Gasteiger partial charge on any atom is 0.220 e. The summed E-state index contributed by atoms with van der Waals surface area (Å²) >= 11 is 0. The summed E-state index contributed by atoms with van der Waals surface area (Å²) in [5.74, 6) is 2.76. The van der Waals surface area contributed by atoms with Crippen LogP contribution in [0.2, 0.25) is 0 Å².